The van der Waals surface area contributed by atoms with Crippen molar-refractivity contribution in [2.45, 2.75) is 39.9 Å². The van der Waals surface area contributed by atoms with Crippen LogP contribution in [0.15, 0.2) is 28.7 Å². The third-order valence-electron chi connectivity index (χ3n) is 4.52. The van der Waals surface area contributed by atoms with E-state index in [4.69, 9.17) is 4.42 Å². The second-order valence-electron chi connectivity index (χ2n) is 6.46. The molecule has 1 aliphatic heterocycles. The van der Waals surface area contributed by atoms with Gasteiger partial charge < -0.3 is 9.32 Å². The highest BCUT2D eigenvalue weighted by Crippen LogP contribution is 2.31. The molecule has 0 spiro atoms. The number of carbonyl (C=O) groups excluding carboxylic acids is 1. The number of amides is 1. The predicted molar refractivity (Wildman–Crippen MR) is 90.4 cm³/mol. The maximum Gasteiger partial charge on any atom is 0.246 e. The molecule has 0 saturated heterocycles. The van der Waals surface area contributed by atoms with Crippen molar-refractivity contribution in [1.82, 2.24) is 24.6 Å². The number of hydrogen-bond donors (Lipinski definition) is 0. The maximum atomic E-state index is 13.4. The van der Waals surface area contributed by atoms with Crippen molar-refractivity contribution < 1.29 is 13.6 Å². The smallest absolute Gasteiger partial charge is 0.246 e. The molecule has 2 aromatic heterocycles. The van der Waals surface area contributed by atoms with Gasteiger partial charge in [-0.25, -0.2) is 9.37 Å². The van der Waals surface area contributed by atoms with E-state index in [-0.39, 0.29) is 11.7 Å². The highest BCUT2D eigenvalue weighted by Gasteiger charge is 2.34. The molecule has 3 aromatic rings. The van der Waals surface area contributed by atoms with Gasteiger partial charge in [-0.05, 0) is 31.5 Å². The van der Waals surface area contributed by atoms with Crippen molar-refractivity contribution in [2.24, 2.45) is 0 Å². The minimum Gasteiger partial charge on any atom is -0.437 e. The number of aromatic nitrogens is 4. The zero-order valence-electron chi connectivity index (χ0n) is 14.7. The first-order valence-electron chi connectivity index (χ1n) is 8.35. The van der Waals surface area contributed by atoms with Crippen LogP contribution in [0.4, 0.5) is 4.39 Å². The summed E-state index contributed by atoms with van der Waals surface area (Å²) in [7, 11) is 0. The van der Waals surface area contributed by atoms with Crippen molar-refractivity contribution in [3.63, 3.8) is 0 Å². The van der Waals surface area contributed by atoms with Crippen LogP contribution >= 0.6 is 0 Å². The lowest BCUT2D eigenvalue weighted by atomic mass is 10.1. The van der Waals surface area contributed by atoms with Crippen LogP contribution in [-0.4, -0.2) is 30.6 Å². The molecule has 0 fully saturated rings. The SMILES string of the molecule is Cc1nc(C)c(-c2nnc3n2[C@@H](C)C(=O)N(Cc2cccc(F)c2)C3)o1. The Balaban J connectivity index is 1.67. The van der Waals surface area contributed by atoms with Gasteiger partial charge in [0.05, 0.1) is 12.2 Å². The quantitative estimate of drug-likeness (QED) is 0.722. The summed E-state index contributed by atoms with van der Waals surface area (Å²) in [6, 6.07) is 5.77. The third-order valence-corrected chi connectivity index (χ3v) is 4.52. The van der Waals surface area contributed by atoms with Crippen molar-refractivity contribution in [3.8, 4) is 11.6 Å². The lowest BCUT2D eigenvalue weighted by Crippen LogP contribution is -2.41. The average Bonchev–Trinajstić information content (AvgIpc) is 3.15. The van der Waals surface area contributed by atoms with E-state index >= 15 is 0 Å². The molecule has 26 heavy (non-hydrogen) atoms. The molecule has 1 amide bonds. The van der Waals surface area contributed by atoms with Crippen molar-refractivity contribution >= 4 is 5.91 Å². The number of benzene rings is 1. The Bertz CT molecular complexity index is 993. The molecule has 134 valence electrons. The second kappa shape index (κ2) is 6.05. The van der Waals surface area contributed by atoms with E-state index in [1.165, 1.54) is 12.1 Å². The van der Waals surface area contributed by atoms with Crippen molar-refractivity contribution in [1.29, 1.82) is 0 Å². The molecule has 8 heteroatoms. The summed E-state index contributed by atoms with van der Waals surface area (Å²) in [5.74, 6) is 1.84. The molecule has 1 atom stereocenters. The molecule has 0 bridgehead atoms. The molecule has 0 unspecified atom stereocenters. The van der Waals surface area contributed by atoms with Gasteiger partial charge in [0, 0.05) is 13.5 Å². The number of nitrogens with zero attached hydrogens (tertiary/aromatic N) is 5. The zero-order chi connectivity index (χ0) is 18.4. The first-order valence-corrected chi connectivity index (χ1v) is 8.35. The van der Waals surface area contributed by atoms with Gasteiger partial charge in [-0.15, -0.1) is 10.2 Å². The van der Waals surface area contributed by atoms with Gasteiger partial charge >= 0.3 is 0 Å². The fraction of sp³-hybridized carbons (Fsp3) is 0.333. The fourth-order valence-corrected chi connectivity index (χ4v) is 3.34. The van der Waals surface area contributed by atoms with Crippen LogP contribution in [0.5, 0.6) is 0 Å². The monoisotopic (exact) mass is 355 g/mol. The number of fused-ring (bicyclic) bond motifs is 1. The van der Waals surface area contributed by atoms with Gasteiger partial charge in [-0.1, -0.05) is 12.1 Å². The number of carbonyl (C=O) groups is 1. The molecule has 0 radical (unpaired) electrons. The Morgan fingerprint density at radius 3 is 2.81 bits per heavy atom. The summed E-state index contributed by atoms with van der Waals surface area (Å²) in [5.41, 5.74) is 1.44. The minimum atomic E-state index is -0.484. The Hall–Kier alpha value is -3.03. The molecule has 0 N–H and O–H groups in total. The molecular formula is C18H18FN5O2. The zero-order valence-corrected chi connectivity index (χ0v) is 14.7. The van der Waals surface area contributed by atoms with E-state index in [2.05, 4.69) is 15.2 Å². The van der Waals surface area contributed by atoms with Crippen LogP contribution in [0.1, 0.15) is 35.9 Å². The molecular weight excluding hydrogens is 337 g/mol. The Labute approximate surface area is 149 Å². The van der Waals surface area contributed by atoms with Crippen LogP contribution < -0.4 is 0 Å². The summed E-state index contributed by atoms with van der Waals surface area (Å²) in [4.78, 5) is 18.8. The maximum absolute atomic E-state index is 13.4. The molecule has 7 nitrogen and oxygen atoms in total. The van der Waals surface area contributed by atoms with Crippen LogP contribution in [0.2, 0.25) is 0 Å². The first-order chi connectivity index (χ1) is 12.4. The van der Waals surface area contributed by atoms with E-state index < -0.39 is 6.04 Å². The van der Waals surface area contributed by atoms with Gasteiger partial charge in [0.25, 0.3) is 0 Å². The number of halogens is 1. The normalized spacial score (nSPS) is 16.8. The molecule has 1 aromatic carbocycles. The number of oxazole rings is 1. The Morgan fingerprint density at radius 2 is 2.12 bits per heavy atom. The molecule has 4 rings (SSSR count). The Morgan fingerprint density at radius 1 is 1.31 bits per heavy atom. The van der Waals surface area contributed by atoms with Gasteiger partial charge in [0.1, 0.15) is 11.9 Å². The predicted octanol–water partition coefficient (Wildman–Crippen LogP) is 2.79. The number of rotatable bonds is 3. The second-order valence-corrected chi connectivity index (χ2v) is 6.46. The van der Waals surface area contributed by atoms with Gasteiger partial charge in [0.15, 0.2) is 17.5 Å². The van der Waals surface area contributed by atoms with E-state index in [0.717, 1.165) is 5.56 Å². The lowest BCUT2D eigenvalue weighted by Gasteiger charge is -2.32. The molecule has 0 aliphatic carbocycles. The minimum absolute atomic E-state index is 0.0725. The van der Waals surface area contributed by atoms with Crippen LogP contribution in [-0.2, 0) is 17.9 Å². The van der Waals surface area contributed by atoms with Crippen LogP contribution in [0, 0.1) is 19.7 Å². The summed E-state index contributed by atoms with van der Waals surface area (Å²) in [5, 5.41) is 8.46. The molecule has 3 heterocycles. The Kier molecular flexibility index (Phi) is 3.82. The van der Waals surface area contributed by atoms with Crippen molar-refractivity contribution in [3.05, 3.63) is 53.1 Å². The average molecular weight is 355 g/mol. The largest absolute Gasteiger partial charge is 0.437 e. The van der Waals surface area contributed by atoms with Gasteiger partial charge in [0.2, 0.25) is 11.7 Å². The summed E-state index contributed by atoms with van der Waals surface area (Å²) in [6.07, 6.45) is 0. The fourth-order valence-electron chi connectivity index (χ4n) is 3.34. The highest BCUT2D eigenvalue weighted by molar-refractivity contribution is 5.82. The highest BCUT2D eigenvalue weighted by atomic mass is 19.1. The van der Waals surface area contributed by atoms with Crippen molar-refractivity contribution in [2.75, 3.05) is 0 Å². The van der Waals surface area contributed by atoms with Gasteiger partial charge in [-0.3, -0.25) is 9.36 Å². The third kappa shape index (κ3) is 2.67. The van der Waals surface area contributed by atoms with Crippen LogP contribution in [0.3, 0.4) is 0 Å². The van der Waals surface area contributed by atoms with Crippen LogP contribution in [0.25, 0.3) is 11.6 Å². The molecule has 0 saturated carbocycles. The lowest BCUT2D eigenvalue weighted by molar-refractivity contribution is -0.137. The summed E-state index contributed by atoms with van der Waals surface area (Å²) < 4.78 is 20.9. The van der Waals surface area contributed by atoms with E-state index in [0.29, 0.717) is 42.1 Å². The molecule has 1 aliphatic rings. The summed E-state index contributed by atoms with van der Waals surface area (Å²) in [6.45, 7) is 6.02. The summed E-state index contributed by atoms with van der Waals surface area (Å²) >= 11 is 0. The number of hydrogen-bond acceptors (Lipinski definition) is 5. The standard InChI is InChI=1S/C18H18FN5O2/c1-10-16(26-12(3)20-10)17-22-21-15-9-23(18(25)11(2)24(15)17)8-13-5-4-6-14(19)7-13/h4-7,11H,8-9H2,1-3H3/t11-/m0/s1. The number of aryl methyl sites for hydroxylation is 2. The first kappa shape index (κ1) is 16.4. The topological polar surface area (TPSA) is 77.1 Å². The van der Waals surface area contributed by atoms with E-state index in [1.54, 1.807) is 35.4 Å². The van der Waals surface area contributed by atoms with E-state index in [9.17, 15) is 9.18 Å². The van der Waals surface area contributed by atoms with Gasteiger partial charge in [-0.2, -0.15) is 0 Å². The van der Waals surface area contributed by atoms with E-state index in [1.807, 2.05) is 6.92 Å².